The van der Waals surface area contributed by atoms with E-state index < -0.39 is 0 Å². The normalized spacial score (nSPS) is 14.6. The zero-order chi connectivity index (χ0) is 12.1. The van der Waals surface area contributed by atoms with Crippen LogP contribution in [0.4, 0.5) is 5.82 Å². The van der Waals surface area contributed by atoms with Crippen LogP contribution in [0, 0.1) is 5.92 Å². The highest BCUT2D eigenvalue weighted by Crippen LogP contribution is 2.15. The molecule has 5 heteroatoms. The molecule has 1 heterocycles. The minimum atomic E-state index is 0.168. The maximum absolute atomic E-state index is 9.06. The van der Waals surface area contributed by atoms with Gasteiger partial charge in [0.2, 0.25) is 0 Å². The average Bonchev–Trinajstić information content (AvgIpc) is 2.26. The van der Waals surface area contributed by atoms with Gasteiger partial charge in [-0.1, -0.05) is 13.8 Å². The molecule has 2 N–H and O–H groups in total. The molecule has 1 aromatic heterocycles. The highest BCUT2D eigenvalue weighted by molar-refractivity contribution is 9.10. The van der Waals surface area contributed by atoms with Crippen LogP contribution in [-0.2, 0) is 6.42 Å². The van der Waals surface area contributed by atoms with E-state index >= 15 is 0 Å². The highest BCUT2D eigenvalue weighted by atomic mass is 79.9. The molecule has 2 unspecified atom stereocenters. The molecule has 16 heavy (non-hydrogen) atoms. The molecule has 0 amide bonds. The van der Waals surface area contributed by atoms with Crippen LogP contribution in [0.15, 0.2) is 10.7 Å². The quantitative estimate of drug-likeness (QED) is 0.816. The van der Waals surface area contributed by atoms with Crippen LogP contribution in [0.1, 0.15) is 26.6 Å². The largest absolute Gasteiger partial charge is 0.396 e. The van der Waals surface area contributed by atoms with Gasteiger partial charge in [-0.2, -0.15) is 0 Å². The molecule has 4 nitrogen and oxygen atoms in total. The first-order chi connectivity index (χ1) is 7.56. The first-order valence-electron chi connectivity index (χ1n) is 5.47. The summed E-state index contributed by atoms with van der Waals surface area (Å²) in [6, 6.07) is 2.02. The first kappa shape index (κ1) is 13.4. The predicted molar refractivity (Wildman–Crippen MR) is 68.4 cm³/mol. The lowest BCUT2D eigenvalue weighted by atomic mass is 10.1. The van der Waals surface area contributed by atoms with Gasteiger partial charge >= 0.3 is 0 Å². The Hall–Kier alpha value is -0.680. The topological polar surface area (TPSA) is 58.0 Å². The second-order valence-electron chi connectivity index (χ2n) is 3.94. The minimum Gasteiger partial charge on any atom is -0.396 e. The van der Waals surface area contributed by atoms with E-state index in [-0.39, 0.29) is 18.6 Å². The van der Waals surface area contributed by atoms with Crippen molar-refractivity contribution in [3.63, 3.8) is 0 Å². The van der Waals surface area contributed by atoms with Gasteiger partial charge in [0.05, 0.1) is 0 Å². The summed E-state index contributed by atoms with van der Waals surface area (Å²) in [5.74, 6) is 1.80. The summed E-state index contributed by atoms with van der Waals surface area (Å²) < 4.78 is 0.783. The lowest BCUT2D eigenvalue weighted by Gasteiger charge is -2.20. The van der Waals surface area contributed by atoms with Gasteiger partial charge in [-0.15, -0.1) is 0 Å². The molecule has 2 atom stereocenters. The van der Waals surface area contributed by atoms with E-state index in [4.69, 9.17) is 5.11 Å². The molecule has 1 aromatic rings. The number of hydrogen-bond acceptors (Lipinski definition) is 4. The van der Waals surface area contributed by atoms with Gasteiger partial charge in [0.25, 0.3) is 0 Å². The summed E-state index contributed by atoms with van der Waals surface area (Å²) in [6.07, 6.45) is 0.804. The second-order valence-corrected chi connectivity index (χ2v) is 4.75. The molecule has 0 bridgehead atoms. The van der Waals surface area contributed by atoms with Crippen molar-refractivity contribution >= 4 is 21.7 Å². The number of anilines is 1. The molecule has 0 radical (unpaired) electrons. The molecule has 0 aliphatic rings. The average molecular weight is 288 g/mol. The number of rotatable bonds is 5. The Labute approximate surface area is 105 Å². The second kappa shape index (κ2) is 6.15. The fraction of sp³-hybridized carbons (Fsp3) is 0.636. The minimum absolute atomic E-state index is 0.168. The summed E-state index contributed by atoms with van der Waals surface area (Å²) >= 11 is 3.36. The Morgan fingerprint density at radius 3 is 2.69 bits per heavy atom. The fourth-order valence-corrected chi connectivity index (χ4v) is 1.65. The number of aryl methyl sites for hydroxylation is 1. The van der Waals surface area contributed by atoms with Gasteiger partial charge in [-0.3, -0.25) is 0 Å². The number of halogens is 1. The summed E-state index contributed by atoms with van der Waals surface area (Å²) in [5.41, 5.74) is 0. The summed E-state index contributed by atoms with van der Waals surface area (Å²) in [7, 11) is 0. The molecular weight excluding hydrogens is 270 g/mol. The number of nitrogens with one attached hydrogen (secondary N) is 1. The Balaban J connectivity index is 2.76. The van der Waals surface area contributed by atoms with Crippen molar-refractivity contribution in [1.29, 1.82) is 0 Å². The molecular formula is C11H18BrN3O. The van der Waals surface area contributed by atoms with Crippen molar-refractivity contribution < 1.29 is 5.11 Å². The standard InChI is InChI=1S/C11H18BrN3O/c1-4-10-14-9(12)5-11(15-10)13-8(3)7(2)6-16/h5,7-8,16H,4,6H2,1-3H3,(H,13,14,15). The first-order valence-corrected chi connectivity index (χ1v) is 6.27. The number of nitrogens with zero attached hydrogens (tertiary/aromatic N) is 2. The van der Waals surface area contributed by atoms with Crippen LogP contribution < -0.4 is 5.32 Å². The van der Waals surface area contributed by atoms with E-state index in [1.807, 2.05) is 26.8 Å². The molecule has 1 rings (SSSR count). The third-order valence-corrected chi connectivity index (χ3v) is 2.98. The predicted octanol–water partition coefficient (Wildman–Crippen LogP) is 2.23. The van der Waals surface area contributed by atoms with Gasteiger partial charge in [0.15, 0.2) is 0 Å². The van der Waals surface area contributed by atoms with Crippen molar-refractivity contribution in [3.8, 4) is 0 Å². The Kier molecular flexibility index (Phi) is 5.15. The number of aliphatic hydroxyl groups excluding tert-OH is 1. The Bertz CT molecular complexity index is 346. The van der Waals surface area contributed by atoms with Crippen LogP contribution in [-0.4, -0.2) is 27.7 Å². The molecule has 0 aliphatic carbocycles. The SMILES string of the molecule is CCc1nc(Br)cc(NC(C)C(C)CO)n1. The van der Waals surface area contributed by atoms with Crippen LogP contribution in [0.5, 0.6) is 0 Å². The Morgan fingerprint density at radius 1 is 1.44 bits per heavy atom. The van der Waals surface area contributed by atoms with Crippen molar-refractivity contribution in [2.45, 2.75) is 33.2 Å². The lowest BCUT2D eigenvalue weighted by molar-refractivity contribution is 0.226. The zero-order valence-electron chi connectivity index (χ0n) is 9.87. The van der Waals surface area contributed by atoms with Crippen molar-refractivity contribution in [1.82, 2.24) is 9.97 Å². The monoisotopic (exact) mass is 287 g/mol. The lowest BCUT2D eigenvalue weighted by Crippen LogP contribution is -2.26. The molecule has 0 fully saturated rings. The third-order valence-electron chi connectivity index (χ3n) is 2.57. The van der Waals surface area contributed by atoms with Crippen LogP contribution in [0.3, 0.4) is 0 Å². The fourth-order valence-electron chi connectivity index (χ4n) is 1.23. The number of hydrogen-bond donors (Lipinski definition) is 2. The van der Waals surface area contributed by atoms with E-state index in [1.165, 1.54) is 0 Å². The van der Waals surface area contributed by atoms with Gasteiger partial charge in [0, 0.05) is 25.1 Å². The highest BCUT2D eigenvalue weighted by Gasteiger charge is 2.12. The van der Waals surface area contributed by atoms with Gasteiger partial charge in [-0.05, 0) is 28.8 Å². The van der Waals surface area contributed by atoms with E-state index in [2.05, 4.69) is 31.2 Å². The number of aromatic nitrogens is 2. The molecule has 90 valence electrons. The van der Waals surface area contributed by atoms with Crippen molar-refractivity contribution in [2.24, 2.45) is 5.92 Å². The molecule has 0 spiro atoms. The van der Waals surface area contributed by atoms with Crippen molar-refractivity contribution in [2.75, 3.05) is 11.9 Å². The summed E-state index contributed by atoms with van der Waals surface area (Å²) in [5, 5.41) is 12.3. The van der Waals surface area contributed by atoms with Crippen molar-refractivity contribution in [3.05, 3.63) is 16.5 Å². The Morgan fingerprint density at radius 2 is 2.12 bits per heavy atom. The van der Waals surface area contributed by atoms with E-state index in [9.17, 15) is 0 Å². The van der Waals surface area contributed by atoms with E-state index in [0.29, 0.717) is 0 Å². The van der Waals surface area contributed by atoms with Crippen LogP contribution >= 0.6 is 15.9 Å². The maximum Gasteiger partial charge on any atom is 0.131 e. The van der Waals surface area contributed by atoms with E-state index in [0.717, 1.165) is 22.7 Å². The molecule has 0 aromatic carbocycles. The molecule has 0 aliphatic heterocycles. The van der Waals surface area contributed by atoms with Crippen LogP contribution in [0.2, 0.25) is 0 Å². The summed E-state index contributed by atoms with van der Waals surface area (Å²) in [6.45, 7) is 6.21. The van der Waals surface area contributed by atoms with Gasteiger partial charge < -0.3 is 10.4 Å². The van der Waals surface area contributed by atoms with E-state index in [1.54, 1.807) is 0 Å². The third kappa shape index (κ3) is 3.72. The van der Waals surface area contributed by atoms with Gasteiger partial charge in [-0.25, -0.2) is 9.97 Å². The zero-order valence-corrected chi connectivity index (χ0v) is 11.5. The number of aliphatic hydroxyl groups is 1. The molecule has 0 saturated carbocycles. The van der Waals surface area contributed by atoms with Gasteiger partial charge in [0.1, 0.15) is 16.2 Å². The molecule has 0 saturated heterocycles. The van der Waals surface area contributed by atoms with Crippen LogP contribution in [0.25, 0.3) is 0 Å². The smallest absolute Gasteiger partial charge is 0.131 e. The maximum atomic E-state index is 9.06. The summed E-state index contributed by atoms with van der Waals surface area (Å²) in [4.78, 5) is 8.62.